The van der Waals surface area contributed by atoms with Gasteiger partial charge in [0.1, 0.15) is 5.69 Å². The maximum atomic E-state index is 13.0. The number of nitrogens with zero attached hydrogens (tertiary/aromatic N) is 3. The number of nitrogens with one attached hydrogen (secondary N) is 1. The summed E-state index contributed by atoms with van der Waals surface area (Å²) < 4.78 is 41.3. The Morgan fingerprint density at radius 3 is 2.43 bits per heavy atom. The lowest BCUT2D eigenvalue weighted by Gasteiger charge is -2.15. The van der Waals surface area contributed by atoms with Crippen LogP contribution in [0.4, 0.5) is 18.9 Å². The summed E-state index contributed by atoms with van der Waals surface area (Å²) in [5.41, 5.74) is -1.26. The van der Waals surface area contributed by atoms with Crippen LogP contribution in [0.3, 0.4) is 0 Å². The molecule has 0 aliphatic carbocycles. The summed E-state index contributed by atoms with van der Waals surface area (Å²) in [6, 6.07) is 0.665. The number of rotatable bonds is 3. The maximum Gasteiger partial charge on any atom is 0.417 e. The summed E-state index contributed by atoms with van der Waals surface area (Å²) >= 11 is 0. The molecule has 21 heavy (non-hydrogen) atoms. The topological polar surface area (TPSA) is 51.9 Å². The van der Waals surface area contributed by atoms with E-state index in [0.29, 0.717) is 0 Å². The SMILES string of the molecule is CC(C)Nc1cc(C(F)(F)F)cn(-c2cnn(C)c2)c1=O. The monoisotopic (exact) mass is 300 g/mol. The van der Waals surface area contributed by atoms with Crippen molar-refractivity contribution < 1.29 is 13.2 Å². The van der Waals surface area contributed by atoms with E-state index >= 15 is 0 Å². The lowest BCUT2D eigenvalue weighted by molar-refractivity contribution is -0.137. The van der Waals surface area contributed by atoms with Crippen molar-refractivity contribution in [2.75, 3.05) is 5.32 Å². The molecule has 0 fully saturated rings. The van der Waals surface area contributed by atoms with Crippen molar-refractivity contribution in [1.29, 1.82) is 0 Å². The molecule has 0 spiro atoms. The highest BCUT2D eigenvalue weighted by Crippen LogP contribution is 2.30. The van der Waals surface area contributed by atoms with Crippen LogP contribution in [0, 0.1) is 0 Å². The van der Waals surface area contributed by atoms with Gasteiger partial charge in [-0.05, 0) is 19.9 Å². The standard InChI is InChI=1S/C13H15F3N4O/c1-8(2)18-11-4-9(13(14,15)16)6-20(12(11)21)10-5-17-19(3)7-10/h4-8,18H,1-3H3. The van der Waals surface area contributed by atoms with E-state index in [-0.39, 0.29) is 17.4 Å². The van der Waals surface area contributed by atoms with Gasteiger partial charge in [-0.15, -0.1) is 0 Å². The first kappa shape index (κ1) is 15.1. The number of hydrogen-bond acceptors (Lipinski definition) is 3. The Hall–Kier alpha value is -2.25. The quantitative estimate of drug-likeness (QED) is 0.947. The van der Waals surface area contributed by atoms with Gasteiger partial charge in [-0.2, -0.15) is 18.3 Å². The van der Waals surface area contributed by atoms with E-state index in [1.54, 1.807) is 20.9 Å². The molecule has 0 aromatic carbocycles. The third-order valence-electron chi connectivity index (χ3n) is 2.76. The molecule has 114 valence electrons. The number of aromatic nitrogens is 3. The smallest absolute Gasteiger partial charge is 0.378 e. The summed E-state index contributed by atoms with van der Waals surface area (Å²) in [6.45, 7) is 3.49. The fourth-order valence-corrected chi connectivity index (χ4v) is 1.88. The van der Waals surface area contributed by atoms with Gasteiger partial charge in [0.25, 0.3) is 5.56 Å². The van der Waals surface area contributed by atoms with E-state index in [1.165, 1.54) is 17.1 Å². The van der Waals surface area contributed by atoms with Gasteiger partial charge in [-0.1, -0.05) is 0 Å². The molecule has 2 rings (SSSR count). The van der Waals surface area contributed by atoms with Crippen molar-refractivity contribution in [1.82, 2.24) is 14.3 Å². The molecule has 5 nitrogen and oxygen atoms in total. The van der Waals surface area contributed by atoms with Crippen molar-refractivity contribution in [2.45, 2.75) is 26.1 Å². The average molecular weight is 300 g/mol. The summed E-state index contributed by atoms with van der Waals surface area (Å²) in [5, 5.41) is 6.61. The van der Waals surface area contributed by atoms with Crippen molar-refractivity contribution >= 4 is 5.69 Å². The van der Waals surface area contributed by atoms with Crippen LogP contribution in [-0.4, -0.2) is 20.4 Å². The van der Waals surface area contributed by atoms with Gasteiger partial charge in [-0.3, -0.25) is 14.0 Å². The second-order valence-electron chi connectivity index (χ2n) is 4.99. The molecule has 0 amide bonds. The third kappa shape index (κ3) is 3.26. The van der Waals surface area contributed by atoms with Crippen molar-refractivity contribution in [3.63, 3.8) is 0 Å². The fraction of sp³-hybridized carbons (Fsp3) is 0.385. The van der Waals surface area contributed by atoms with Crippen LogP contribution in [0.2, 0.25) is 0 Å². The van der Waals surface area contributed by atoms with Crippen LogP contribution in [0.25, 0.3) is 5.69 Å². The summed E-state index contributed by atoms with van der Waals surface area (Å²) in [4.78, 5) is 12.3. The van der Waals surface area contributed by atoms with Crippen molar-refractivity contribution in [3.05, 3.63) is 40.6 Å². The number of alkyl halides is 3. The number of hydrogen-bond donors (Lipinski definition) is 1. The largest absolute Gasteiger partial charge is 0.417 e. The average Bonchev–Trinajstić information content (AvgIpc) is 2.76. The molecule has 0 saturated carbocycles. The molecular weight excluding hydrogens is 285 g/mol. The zero-order valence-corrected chi connectivity index (χ0v) is 11.8. The normalized spacial score (nSPS) is 12.0. The van der Waals surface area contributed by atoms with Crippen molar-refractivity contribution in [2.24, 2.45) is 7.05 Å². The van der Waals surface area contributed by atoms with E-state index in [9.17, 15) is 18.0 Å². The second-order valence-corrected chi connectivity index (χ2v) is 4.99. The minimum absolute atomic E-state index is 0.0938. The number of aryl methyl sites for hydroxylation is 1. The molecule has 8 heteroatoms. The molecule has 0 unspecified atom stereocenters. The maximum absolute atomic E-state index is 13.0. The van der Waals surface area contributed by atoms with Gasteiger partial charge in [0.05, 0.1) is 17.4 Å². The molecule has 0 atom stereocenters. The predicted octanol–water partition coefficient (Wildman–Crippen LogP) is 2.41. The molecule has 0 saturated heterocycles. The molecular formula is C13H15F3N4O. The summed E-state index contributed by atoms with van der Waals surface area (Å²) in [7, 11) is 1.62. The van der Waals surface area contributed by atoms with E-state index in [0.717, 1.165) is 16.8 Å². The molecule has 0 aliphatic heterocycles. The Labute approximate surface area is 119 Å². The van der Waals surface area contributed by atoms with Gasteiger partial charge in [0, 0.05) is 25.5 Å². The lowest BCUT2D eigenvalue weighted by Crippen LogP contribution is -2.26. The Morgan fingerprint density at radius 1 is 1.29 bits per heavy atom. The first-order valence-electron chi connectivity index (χ1n) is 6.28. The number of pyridine rings is 1. The van der Waals surface area contributed by atoms with Crippen LogP contribution in [0.5, 0.6) is 0 Å². The van der Waals surface area contributed by atoms with E-state index < -0.39 is 17.3 Å². The Kier molecular flexibility index (Phi) is 3.80. The van der Waals surface area contributed by atoms with Crippen molar-refractivity contribution in [3.8, 4) is 5.69 Å². The molecule has 0 radical (unpaired) electrons. The Bertz CT molecular complexity index is 700. The zero-order chi connectivity index (χ0) is 15.8. The minimum atomic E-state index is -4.54. The van der Waals surface area contributed by atoms with Gasteiger partial charge in [0.15, 0.2) is 0 Å². The van der Waals surface area contributed by atoms with Gasteiger partial charge < -0.3 is 5.32 Å². The summed E-state index contributed by atoms with van der Waals surface area (Å²) in [5.74, 6) is 0. The third-order valence-corrected chi connectivity index (χ3v) is 2.76. The predicted molar refractivity (Wildman–Crippen MR) is 72.6 cm³/mol. The van der Waals surface area contributed by atoms with E-state index in [1.807, 2.05) is 0 Å². The number of halogens is 3. The molecule has 1 N–H and O–H groups in total. The second kappa shape index (κ2) is 5.27. The molecule has 0 bridgehead atoms. The lowest BCUT2D eigenvalue weighted by atomic mass is 10.2. The Morgan fingerprint density at radius 2 is 1.95 bits per heavy atom. The minimum Gasteiger partial charge on any atom is -0.378 e. The van der Waals surface area contributed by atoms with E-state index in [4.69, 9.17) is 0 Å². The van der Waals surface area contributed by atoms with E-state index in [2.05, 4.69) is 10.4 Å². The van der Waals surface area contributed by atoms with Crippen LogP contribution in [0.15, 0.2) is 29.5 Å². The van der Waals surface area contributed by atoms with Gasteiger partial charge in [0.2, 0.25) is 0 Å². The summed E-state index contributed by atoms with van der Waals surface area (Å²) in [6.07, 6.45) is -0.947. The highest BCUT2D eigenvalue weighted by molar-refractivity contribution is 5.47. The first-order chi connectivity index (χ1) is 9.68. The molecule has 2 aromatic heterocycles. The van der Waals surface area contributed by atoms with Crippen LogP contribution < -0.4 is 10.9 Å². The van der Waals surface area contributed by atoms with Crippen LogP contribution in [-0.2, 0) is 13.2 Å². The molecule has 2 heterocycles. The highest BCUT2D eigenvalue weighted by Gasteiger charge is 2.32. The molecule has 0 aliphatic rings. The van der Waals surface area contributed by atoms with Crippen LogP contribution >= 0.6 is 0 Å². The number of anilines is 1. The highest BCUT2D eigenvalue weighted by atomic mass is 19.4. The first-order valence-corrected chi connectivity index (χ1v) is 6.28. The van der Waals surface area contributed by atoms with Gasteiger partial charge in [-0.25, -0.2) is 0 Å². The Balaban J connectivity index is 2.66. The molecule has 2 aromatic rings. The zero-order valence-electron chi connectivity index (χ0n) is 11.8. The fourth-order valence-electron chi connectivity index (χ4n) is 1.88. The van der Waals surface area contributed by atoms with Crippen LogP contribution in [0.1, 0.15) is 19.4 Å². The van der Waals surface area contributed by atoms with Gasteiger partial charge >= 0.3 is 6.18 Å².